The summed E-state index contributed by atoms with van der Waals surface area (Å²) < 4.78 is 0. The van der Waals surface area contributed by atoms with Crippen LogP contribution in [0.15, 0.2) is 6.07 Å². The van der Waals surface area contributed by atoms with Crippen molar-refractivity contribution in [1.29, 1.82) is 0 Å². The molecule has 0 bridgehead atoms. The van der Waals surface area contributed by atoms with E-state index in [4.69, 9.17) is 10.7 Å². The third-order valence-corrected chi connectivity index (χ3v) is 3.55. The Hall–Kier alpha value is -1.16. The lowest BCUT2D eigenvalue weighted by Gasteiger charge is -2.38. The molecule has 100 valence electrons. The topological polar surface area (TPSA) is 55.0 Å². The van der Waals surface area contributed by atoms with Crippen LogP contribution in [0, 0.1) is 6.92 Å². The minimum atomic E-state index is 0.366. The first kappa shape index (κ1) is 13.3. The highest BCUT2D eigenvalue weighted by Gasteiger charge is 2.26. The predicted octanol–water partition coefficient (Wildman–Crippen LogP) is 2.23. The number of aryl methyl sites for hydroxylation is 1. The van der Waals surface area contributed by atoms with Crippen molar-refractivity contribution in [2.24, 2.45) is 5.73 Å². The molecule has 4 nitrogen and oxygen atoms in total. The monoisotopic (exact) mass is 248 g/mol. The van der Waals surface area contributed by atoms with Crippen LogP contribution in [0.2, 0.25) is 0 Å². The fraction of sp³-hybridized carbons (Fsp3) is 0.714. The minimum Gasteiger partial charge on any atom is -0.352 e. The first-order chi connectivity index (χ1) is 8.61. The maximum Gasteiger partial charge on any atom is 0.133 e. The molecule has 1 aliphatic rings. The van der Waals surface area contributed by atoms with Crippen molar-refractivity contribution in [1.82, 2.24) is 9.97 Å². The zero-order chi connectivity index (χ0) is 13.1. The van der Waals surface area contributed by atoms with E-state index in [9.17, 15) is 0 Å². The average molecular weight is 248 g/mol. The fourth-order valence-electron chi connectivity index (χ4n) is 2.30. The molecule has 1 aromatic heterocycles. The highest BCUT2D eigenvalue weighted by atomic mass is 15.2. The molecule has 4 heteroatoms. The SMILES string of the molecule is Cc1cc(N(CCN)C2CCC2)nc(C(C)C)n1. The fourth-order valence-corrected chi connectivity index (χ4v) is 2.30. The van der Waals surface area contributed by atoms with Crippen molar-refractivity contribution in [2.45, 2.75) is 52.0 Å². The third kappa shape index (κ3) is 2.80. The number of nitrogens with two attached hydrogens (primary N) is 1. The minimum absolute atomic E-state index is 0.366. The molecule has 1 aromatic rings. The quantitative estimate of drug-likeness (QED) is 0.868. The van der Waals surface area contributed by atoms with Crippen molar-refractivity contribution in [2.75, 3.05) is 18.0 Å². The highest BCUT2D eigenvalue weighted by Crippen LogP contribution is 2.29. The highest BCUT2D eigenvalue weighted by molar-refractivity contribution is 5.42. The molecule has 1 heterocycles. The van der Waals surface area contributed by atoms with Gasteiger partial charge in [0.1, 0.15) is 11.6 Å². The van der Waals surface area contributed by atoms with Crippen LogP contribution in [-0.4, -0.2) is 29.1 Å². The molecule has 0 aliphatic heterocycles. The molecule has 18 heavy (non-hydrogen) atoms. The third-order valence-electron chi connectivity index (χ3n) is 3.55. The lowest BCUT2D eigenvalue weighted by Crippen LogP contribution is -2.43. The second-order valence-electron chi connectivity index (χ2n) is 5.45. The van der Waals surface area contributed by atoms with Gasteiger partial charge in [-0.15, -0.1) is 0 Å². The average Bonchev–Trinajstić information content (AvgIpc) is 2.25. The number of anilines is 1. The van der Waals surface area contributed by atoms with Gasteiger partial charge in [-0.1, -0.05) is 13.8 Å². The van der Waals surface area contributed by atoms with Crippen LogP contribution >= 0.6 is 0 Å². The van der Waals surface area contributed by atoms with E-state index in [1.807, 2.05) is 6.92 Å². The maximum atomic E-state index is 5.73. The molecule has 0 atom stereocenters. The maximum absolute atomic E-state index is 5.73. The van der Waals surface area contributed by atoms with E-state index in [0.717, 1.165) is 23.9 Å². The zero-order valence-electron chi connectivity index (χ0n) is 11.7. The van der Waals surface area contributed by atoms with E-state index in [1.54, 1.807) is 0 Å². The Balaban J connectivity index is 2.27. The molecule has 0 saturated heterocycles. The van der Waals surface area contributed by atoms with Gasteiger partial charge < -0.3 is 10.6 Å². The molecule has 0 unspecified atom stereocenters. The first-order valence-corrected chi connectivity index (χ1v) is 6.94. The van der Waals surface area contributed by atoms with Crippen LogP contribution in [0.4, 0.5) is 5.82 Å². The van der Waals surface area contributed by atoms with Gasteiger partial charge in [0.2, 0.25) is 0 Å². The van der Waals surface area contributed by atoms with E-state index in [0.29, 0.717) is 18.5 Å². The van der Waals surface area contributed by atoms with Crippen LogP contribution in [-0.2, 0) is 0 Å². The molecule has 1 fully saturated rings. The molecule has 2 rings (SSSR count). The lowest BCUT2D eigenvalue weighted by molar-refractivity contribution is 0.385. The summed E-state index contributed by atoms with van der Waals surface area (Å²) in [7, 11) is 0. The summed E-state index contributed by atoms with van der Waals surface area (Å²) in [5.41, 5.74) is 6.78. The molecular weight excluding hydrogens is 224 g/mol. The molecular formula is C14H24N4. The molecule has 0 aromatic carbocycles. The van der Waals surface area contributed by atoms with Crippen molar-refractivity contribution in [3.63, 3.8) is 0 Å². The Morgan fingerprint density at radius 3 is 2.61 bits per heavy atom. The number of hydrogen-bond donors (Lipinski definition) is 1. The molecule has 2 N–H and O–H groups in total. The molecule has 1 aliphatic carbocycles. The van der Waals surface area contributed by atoms with Crippen LogP contribution in [0.3, 0.4) is 0 Å². The van der Waals surface area contributed by atoms with Gasteiger partial charge in [0.25, 0.3) is 0 Å². The van der Waals surface area contributed by atoms with Crippen molar-refractivity contribution < 1.29 is 0 Å². The largest absolute Gasteiger partial charge is 0.352 e. The van der Waals surface area contributed by atoms with Gasteiger partial charge in [-0.05, 0) is 26.2 Å². The normalized spacial score (nSPS) is 15.8. The number of aromatic nitrogens is 2. The van der Waals surface area contributed by atoms with Crippen molar-refractivity contribution in [3.8, 4) is 0 Å². The van der Waals surface area contributed by atoms with Gasteiger partial charge in [-0.25, -0.2) is 9.97 Å². The van der Waals surface area contributed by atoms with E-state index >= 15 is 0 Å². The number of hydrogen-bond acceptors (Lipinski definition) is 4. The second-order valence-corrected chi connectivity index (χ2v) is 5.45. The summed E-state index contributed by atoms with van der Waals surface area (Å²) in [6.45, 7) is 7.87. The van der Waals surface area contributed by atoms with E-state index in [-0.39, 0.29) is 0 Å². The van der Waals surface area contributed by atoms with Crippen LogP contribution in [0.25, 0.3) is 0 Å². The smallest absolute Gasteiger partial charge is 0.133 e. The molecule has 0 amide bonds. The Kier molecular flexibility index (Phi) is 4.17. The summed E-state index contributed by atoms with van der Waals surface area (Å²) >= 11 is 0. The number of rotatable bonds is 5. The number of nitrogens with zero attached hydrogens (tertiary/aromatic N) is 3. The van der Waals surface area contributed by atoms with Crippen LogP contribution in [0.1, 0.15) is 50.5 Å². The molecule has 1 saturated carbocycles. The van der Waals surface area contributed by atoms with Gasteiger partial charge in [0, 0.05) is 36.8 Å². The first-order valence-electron chi connectivity index (χ1n) is 6.94. The summed E-state index contributed by atoms with van der Waals surface area (Å²) in [4.78, 5) is 11.6. The Bertz CT molecular complexity index is 399. The standard InChI is InChI=1S/C14H24N4/c1-10(2)14-16-11(3)9-13(17-14)18(8-7-15)12-5-4-6-12/h9-10,12H,4-8,15H2,1-3H3. The van der Waals surface area contributed by atoms with E-state index in [2.05, 4.69) is 29.8 Å². The Morgan fingerprint density at radius 1 is 1.39 bits per heavy atom. The molecule has 0 radical (unpaired) electrons. The Morgan fingerprint density at radius 2 is 2.11 bits per heavy atom. The van der Waals surface area contributed by atoms with Gasteiger partial charge in [0.05, 0.1) is 0 Å². The summed E-state index contributed by atoms with van der Waals surface area (Å²) in [6, 6.07) is 2.71. The van der Waals surface area contributed by atoms with E-state index in [1.165, 1.54) is 19.3 Å². The Labute approximate surface area is 110 Å². The van der Waals surface area contributed by atoms with Crippen LogP contribution in [0.5, 0.6) is 0 Å². The van der Waals surface area contributed by atoms with Gasteiger partial charge in [-0.3, -0.25) is 0 Å². The van der Waals surface area contributed by atoms with Crippen molar-refractivity contribution in [3.05, 3.63) is 17.6 Å². The van der Waals surface area contributed by atoms with Gasteiger partial charge in [-0.2, -0.15) is 0 Å². The second kappa shape index (κ2) is 5.65. The predicted molar refractivity (Wildman–Crippen MR) is 74.9 cm³/mol. The lowest BCUT2D eigenvalue weighted by atomic mass is 9.91. The summed E-state index contributed by atoms with van der Waals surface area (Å²) in [6.07, 6.45) is 3.85. The summed E-state index contributed by atoms with van der Waals surface area (Å²) in [5, 5.41) is 0. The van der Waals surface area contributed by atoms with Crippen molar-refractivity contribution >= 4 is 5.82 Å². The molecule has 0 spiro atoms. The summed E-state index contributed by atoms with van der Waals surface area (Å²) in [5.74, 6) is 2.36. The van der Waals surface area contributed by atoms with Gasteiger partial charge >= 0.3 is 0 Å². The van der Waals surface area contributed by atoms with E-state index < -0.39 is 0 Å². The van der Waals surface area contributed by atoms with Gasteiger partial charge in [0.15, 0.2) is 0 Å². The zero-order valence-corrected chi connectivity index (χ0v) is 11.7. The van der Waals surface area contributed by atoms with Crippen LogP contribution < -0.4 is 10.6 Å².